The molecule has 0 amide bonds. The molecule has 0 bridgehead atoms. The lowest BCUT2D eigenvalue weighted by atomic mass is 10.2. The van der Waals surface area contributed by atoms with Crippen LogP contribution in [0.5, 0.6) is 0 Å². The van der Waals surface area contributed by atoms with E-state index in [-0.39, 0.29) is 0 Å². The molecule has 2 aromatic heterocycles. The number of imidazole rings is 1. The smallest absolute Gasteiger partial charge is 0.325 e. The van der Waals surface area contributed by atoms with Crippen LogP contribution < -0.4 is 11.2 Å². The number of nitrogens with one attached hydrogen (secondary N) is 1. The van der Waals surface area contributed by atoms with Gasteiger partial charge in [0.05, 0.1) is 6.33 Å². The molecule has 0 aliphatic rings. The number of aromatic nitrogens is 4. The molecule has 2 rings (SSSR count). The van der Waals surface area contributed by atoms with Gasteiger partial charge in [-0.1, -0.05) is 0 Å². The molecule has 0 atom stereocenters. The number of aryl methyl sites for hydroxylation is 2. The van der Waals surface area contributed by atoms with Crippen molar-refractivity contribution in [1.29, 1.82) is 0 Å². The van der Waals surface area contributed by atoms with Gasteiger partial charge in [-0.15, -0.1) is 12.3 Å². The molecule has 0 aromatic carbocycles. The van der Waals surface area contributed by atoms with Crippen molar-refractivity contribution in [3.63, 3.8) is 0 Å². The minimum atomic E-state index is -0.454. The average molecular weight is 246 g/mol. The fraction of sp³-hybridized carbons (Fsp3) is 0.417. The molecule has 2 heterocycles. The number of rotatable bonds is 4. The van der Waals surface area contributed by atoms with Gasteiger partial charge in [-0.05, 0) is 12.8 Å². The number of hydrogen-bond acceptors (Lipinski definition) is 3. The molecule has 0 aliphatic heterocycles. The number of H-pyrrole nitrogens is 1. The van der Waals surface area contributed by atoms with Gasteiger partial charge in [0, 0.05) is 20.0 Å². The average Bonchev–Trinajstić information content (AvgIpc) is 2.76. The van der Waals surface area contributed by atoms with Crippen molar-refractivity contribution in [2.45, 2.75) is 25.8 Å². The third kappa shape index (κ3) is 2.07. The summed E-state index contributed by atoms with van der Waals surface area (Å²) in [7, 11) is 1.58. The second-order valence-corrected chi connectivity index (χ2v) is 4.09. The van der Waals surface area contributed by atoms with Crippen LogP contribution in [0.4, 0.5) is 0 Å². The molecule has 0 saturated heterocycles. The minimum absolute atomic E-state index is 0.400. The van der Waals surface area contributed by atoms with Crippen LogP contribution in [0, 0.1) is 12.3 Å². The first kappa shape index (κ1) is 12.2. The van der Waals surface area contributed by atoms with E-state index in [1.807, 2.05) is 0 Å². The number of aromatic amines is 1. The fourth-order valence-corrected chi connectivity index (χ4v) is 1.86. The number of fused-ring (bicyclic) bond motifs is 1. The van der Waals surface area contributed by atoms with E-state index in [4.69, 9.17) is 6.42 Å². The summed E-state index contributed by atoms with van der Waals surface area (Å²) in [6.45, 7) is 0.666. The molecule has 18 heavy (non-hydrogen) atoms. The highest BCUT2D eigenvalue weighted by atomic mass is 16.2. The third-order valence-corrected chi connectivity index (χ3v) is 2.85. The summed E-state index contributed by atoms with van der Waals surface area (Å²) >= 11 is 0. The first-order chi connectivity index (χ1) is 8.65. The Kier molecular flexibility index (Phi) is 3.33. The van der Waals surface area contributed by atoms with Gasteiger partial charge in [-0.25, -0.2) is 9.78 Å². The van der Waals surface area contributed by atoms with E-state index in [1.54, 1.807) is 17.9 Å². The van der Waals surface area contributed by atoms with Crippen LogP contribution in [0.1, 0.15) is 19.3 Å². The Morgan fingerprint density at radius 1 is 1.44 bits per heavy atom. The summed E-state index contributed by atoms with van der Waals surface area (Å²) in [5, 5.41) is 0. The molecule has 6 nitrogen and oxygen atoms in total. The first-order valence-electron chi connectivity index (χ1n) is 5.72. The molecule has 0 radical (unpaired) electrons. The molecule has 0 aliphatic carbocycles. The standard InChI is InChI=1S/C12H14N4O2/c1-3-4-5-6-7-16-8-13-10-9(16)11(17)14-12(18)15(10)2/h1,8H,4-7H2,2H3,(H,14,17,18). The van der Waals surface area contributed by atoms with Gasteiger partial charge in [-0.3, -0.25) is 14.3 Å². The predicted molar refractivity (Wildman–Crippen MR) is 68.3 cm³/mol. The molecule has 0 unspecified atom stereocenters. The predicted octanol–water partition coefficient (Wildman–Crippen LogP) is 0.227. The zero-order chi connectivity index (χ0) is 13.1. The zero-order valence-corrected chi connectivity index (χ0v) is 10.1. The number of hydrogen-bond donors (Lipinski definition) is 1. The van der Waals surface area contributed by atoms with Crippen molar-refractivity contribution in [2.75, 3.05) is 0 Å². The Labute approximate surface area is 103 Å². The summed E-state index contributed by atoms with van der Waals surface area (Å²) in [5.41, 5.74) is -0.0221. The molecule has 2 aromatic rings. The topological polar surface area (TPSA) is 72.7 Å². The third-order valence-electron chi connectivity index (χ3n) is 2.85. The number of nitrogens with zero attached hydrogens (tertiary/aromatic N) is 3. The Morgan fingerprint density at radius 2 is 2.22 bits per heavy atom. The van der Waals surface area contributed by atoms with Gasteiger partial charge < -0.3 is 4.57 Å². The van der Waals surface area contributed by atoms with E-state index in [1.165, 1.54) is 4.57 Å². The van der Waals surface area contributed by atoms with Crippen LogP contribution in [0.3, 0.4) is 0 Å². The highest BCUT2D eigenvalue weighted by Gasteiger charge is 2.10. The van der Waals surface area contributed by atoms with E-state index in [2.05, 4.69) is 15.9 Å². The second kappa shape index (κ2) is 4.92. The van der Waals surface area contributed by atoms with Crippen LogP contribution >= 0.6 is 0 Å². The normalized spacial score (nSPS) is 10.7. The Hall–Kier alpha value is -2.29. The largest absolute Gasteiger partial charge is 0.329 e. The summed E-state index contributed by atoms with van der Waals surface area (Å²) in [6.07, 6.45) is 9.25. The van der Waals surface area contributed by atoms with Crippen molar-refractivity contribution in [1.82, 2.24) is 19.1 Å². The fourth-order valence-electron chi connectivity index (χ4n) is 1.86. The molecular formula is C12H14N4O2. The second-order valence-electron chi connectivity index (χ2n) is 4.09. The maximum Gasteiger partial charge on any atom is 0.329 e. The Balaban J connectivity index is 2.37. The highest BCUT2D eigenvalue weighted by molar-refractivity contribution is 5.69. The highest BCUT2D eigenvalue weighted by Crippen LogP contribution is 2.07. The lowest BCUT2D eigenvalue weighted by molar-refractivity contribution is 0.628. The van der Waals surface area contributed by atoms with Crippen LogP contribution in [0.25, 0.3) is 11.2 Å². The monoisotopic (exact) mass is 246 g/mol. The summed E-state index contributed by atoms with van der Waals surface area (Å²) in [4.78, 5) is 29.5. The first-order valence-corrected chi connectivity index (χ1v) is 5.72. The zero-order valence-electron chi connectivity index (χ0n) is 10.1. The van der Waals surface area contributed by atoms with Crippen LogP contribution in [0.15, 0.2) is 15.9 Å². The van der Waals surface area contributed by atoms with Gasteiger partial charge >= 0.3 is 5.69 Å². The van der Waals surface area contributed by atoms with Gasteiger partial charge in [0.1, 0.15) is 0 Å². The van der Waals surface area contributed by atoms with Crippen LogP contribution in [-0.4, -0.2) is 19.1 Å². The molecule has 0 fully saturated rings. The van der Waals surface area contributed by atoms with E-state index < -0.39 is 11.2 Å². The van der Waals surface area contributed by atoms with Crippen LogP contribution in [-0.2, 0) is 13.6 Å². The molecule has 6 heteroatoms. The summed E-state index contributed by atoms with van der Waals surface area (Å²) in [6, 6.07) is 0. The van der Waals surface area contributed by atoms with E-state index in [0.29, 0.717) is 17.7 Å². The lowest BCUT2D eigenvalue weighted by Crippen LogP contribution is -2.29. The Bertz CT molecular complexity index is 714. The minimum Gasteiger partial charge on any atom is -0.325 e. The van der Waals surface area contributed by atoms with Crippen molar-refractivity contribution in [3.05, 3.63) is 27.2 Å². The van der Waals surface area contributed by atoms with Crippen molar-refractivity contribution >= 4 is 11.2 Å². The van der Waals surface area contributed by atoms with Crippen molar-refractivity contribution in [3.8, 4) is 12.3 Å². The summed E-state index contributed by atoms with van der Waals surface area (Å²) in [5.74, 6) is 2.57. The maximum atomic E-state index is 11.8. The molecular weight excluding hydrogens is 232 g/mol. The van der Waals surface area contributed by atoms with Gasteiger partial charge in [0.25, 0.3) is 5.56 Å². The SMILES string of the molecule is C#CCCCCn1cnc2c1c(=O)[nH]c(=O)n2C. The Morgan fingerprint density at radius 3 is 2.94 bits per heavy atom. The molecule has 1 N–H and O–H groups in total. The van der Waals surface area contributed by atoms with Crippen molar-refractivity contribution in [2.24, 2.45) is 7.05 Å². The number of terminal acetylenes is 1. The maximum absolute atomic E-state index is 11.8. The molecule has 0 spiro atoms. The quantitative estimate of drug-likeness (QED) is 0.620. The van der Waals surface area contributed by atoms with Gasteiger partial charge in [-0.2, -0.15) is 0 Å². The van der Waals surface area contributed by atoms with Gasteiger partial charge in [0.2, 0.25) is 0 Å². The van der Waals surface area contributed by atoms with Crippen LogP contribution in [0.2, 0.25) is 0 Å². The lowest BCUT2D eigenvalue weighted by Gasteiger charge is -2.03. The van der Waals surface area contributed by atoms with E-state index >= 15 is 0 Å². The van der Waals surface area contributed by atoms with Gasteiger partial charge in [0.15, 0.2) is 11.2 Å². The molecule has 0 saturated carbocycles. The molecule has 94 valence electrons. The van der Waals surface area contributed by atoms with E-state index in [9.17, 15) is 9.59 Å². The summed E-state index contributed by atoms with van der Waals surface area (Å²) < 4.78 is 3.08. The van der Waals surface area contributed by atoms with Crippen molar-refractivity contribution < 1.29 is 0 Å². The van der Waals surface area contributed by atoms with E-state index in [0.717, 1.165) is 19.3 Å². The number of unbranched alkanes of at least 4 members (excludes halogenated alkanes) is 2.